The van der Waals surface area contributed by atoms with Crippen LogP contribution in [0.25, 0.3) is 0 Å². The number of ketones is 1. The lowest BCUT2D eigenvalue weighted by molar-refractivity contribution is 0.0960. The molecule has 1 aromatic carbocycles. The van der Waals surface area contributed by atoms with Crippen LogP contribution in [0.5, 0.6) is 5.75 Å². The predicted molar refractivity (Wildman–Crippen MR) is 91.1 cm³/mol. The lowest BCUT2D eigenvalue weighted by atomic mass is 10.0. The zero-order chi connectivity index (χ0) is 14.7. The van der Waals surface area contributed by atoms with E-state index in [1.807, 2.05) is 24.3 Å². The molecule has 122 valence electrons. The SMILES string of the molecule is COc1ccc(C(=O)CCN2CCC3CCC(C3)C2)cc1.Cl. The number of carbonyl (C=O) groups is 1. The number of likely N-dealkylation sites (tertiary alicyclic amines) is 1. The zero-order valence-electron chi connectivity index (χ0n) is 13.3. The van der Waals surface area contributed by atoms with Gasteiger partial charge in [-0.15, -0.1) is 12.4 Å². The van der Waals surface area contributed by atoms with E-state index in [0.29, 0.717) is 6.42 Å². The first-order valence-corrected chi connectivity index (χ1v) is 8.14. The first kappa shape index (κ1) is 17.3. The van der Waals surface area contributed by atoms with Gasteiger partial charge in [-0.2, -0.15) is 0 Å². The predicted octanol–water partition coefficient (Wildman–Crippen LogP) is 3.81. The van der Waals surface area contributed by atoms with Crippen LogP contribution < -0.4 is 4.74 Å². The Morgan fingerprint density at radius 2 is 1.91 bits per heavy atom. The van der Waals surface area contributed by atoms with Crippen molar-refractivity contribution in [2.75, 3.05) is 26.7 Å². The second-order valence-corrected chi connectivity index (χ2v) is 6.54. The van der Waals surface area contributed by atoms with Crippen LogP contribution in [0.3, 0.4) is 0 Å². The standard InChI is InChI=1S/C18H25NO2.ClH/c1-21-17-6-4-16(5-7-17)18(20)9-11-19-10-8-14-2-3-15(12-14)13-19;/h4-7,14-15H,2-3,8-13H2,1H3;1H. The maximum atomic E-state index is 12.3. The quantitative estimate of drug-likeness (QED) is 0.772. The molecule has 2 unspecified atom stereocenters. The van der Waals surface area contributed by atoms with Gasteiger partial charge in [0.2, 0.25) is 0 Å². The van der Waals surface area contributed by atoms with E-state index in [-0.39, 0.29) is 18.2 Å². The molecule has 22 heavy (non-hydrogen) atoms. The van der Waals surface area contributed by atoms with Crippen molar-refractivity contribution in [2.24, 2.45) is 11.8 Å². The Labute approximate surface area is 139 Å². The molecule has 3 nitrogen and oxygen atoms in total. The van der Waals surface area contributed by atoms with E-state index in [4.69, 9.17) is 4.74 Å². The molecule has 0 spiro atoms. The number of ether oxygens (including phenoxy) is 1. The highest BCUT2D eigenvalue weighted by atomic mass is 35.5. The highest BCUT2D eigenvalue weighted by Crippen LogP contribution is 2.36. The Balaban J connectivity index is 0.00000176. The largest absolute Gasteiger partial charge is 0.497 e. The normalized spacial score (nSPS) is 24.4. The van der Waals surface area contributed by atoms with E-state index in [1.54, 1.807) is 7.11 Å². The molecule has 1 heterocycles. The average Bonchev–Trinajstić information content (AvgIpc) is 2.85. The van der Waals surface area contributed by atoms with Gasteiger partial charge in [0.1, 0.15) is 5.75 Å². The van der Waals surface area contributed by atoms with Crippen LogP contribution >= 0.6 is 12.4 Å². The first-order valence-electron chi connectivity index (χ1n) is 8.14. The molecule has 1 saturated carbocycles. The second-order valence-electron chi connectivity index (χ2n) is 6.54. The summed E-state index contributed by atoms with van der Waals surface area (Å²) in [5, 5.41) is 0. The molecular weight excluding hydrogens is 298 g/mol. The summed E-state index contributed by atoms with van der Waals surface area (Å²) in [6.45, 7) is 3.29. The molecule has 2 aliphatic rings. The monoisotopic (exact) mass is 323 g/mol. The van der Waals surface area contributed by atoms with Crippen molar-refractivity contribution in [3.05, 3.63) is 29.8 Å². The fraction of sp³-hybridized carbons (Fsp3) is 0.611. The van der Waals surface area contributed by atoms with Crippen molar-refractivity contribution >= 4 is 18.2 Å². The minimum absolute atomic E-state index is 0. The molecule has 1 aromatic rings. The van der Waals surface area contributed by atoms with Gasteiger partial charge in [0.05, 0.1) is 7.11 Å². The number of rotatable bonds is 5. The molecule has 2 fully saturated rings. The van der Waals surface area contributed by atoms with E-state index in [2.05, 4.69) is 4.90 Å². The van der Waals surface area contributed by atoms with Crippen LogP contribution in [0.15, 0.2) is 24.3 Å². The molecule has 2 atom stereocenters. The van der Waals surface area contributed by atoms with Crippen LogP contribution in [0.1, 0.15) is 42.5 Å². The number of hydrogen-bond acceptors (Lipinski definition) is 3. The maximum absolute atomic E-state index is 12.3. The van der Waals surface area contributed by atoms with Gasteiger partial charge in [-0.05, 0) is 61.9 Å². The number of halogens is 1. The Hall–Kier alpha value is -1.06. The molecular formula is C18H26ClNO2. The number of carbonyl (C=O) groups excluding carboxylic acids is 1. The molecule has 4 heteroatoms. The molecule has 1 aliphatic heterocycles. The Bertz CT molecular complexity index is 488. The third kappa shape index (κ3) is 4.23. The summed E-state index contributed by atoms with van der Waals surface area (Å²) < 4.78 is 5.13. The van der Waals surface area contributed by atoms with Gasteiger partial charge in [0.25, 0.3) is 0 Å². The lowest BCUT2D eigenvalue weighted by Gasteiger charge is -2.24. The van der Waals surface area contributed by atoms with E-state index >= 15 is 0 Å². The van der Waals surface area contributed by atoms with Gasteiger partial charge in [-0.25, -0.2) is 0 Å². The van der Waals surface area contributed by atoms with Crippen molar-refractivity contribution in [3.8, 4) is 5.75 Å². The summed E-state index contributed by atoms with van der Waals surface area (Å²) in [6.07, 6.45) is 6.21. The average molecular weight is 324 g/mol. The van der Waals surface area contributed by atoms with Gasteiger partial charge >= 0.3 is 0 Å². The summed E-state index contributed by atoms with van der Waals surface area (Å²) in [6, 6.07) is 7.45. The summed E-state index contributed by atoms with van der Waals surface area (Å²) in [5.41, 5.74) is 0.798. The maximum Gasteiger partial charge on any atom is 0.164 e. The fourth-order valence-electron chi connectivity index (χ4n) is 3.81. The molecule has 1 saturated heterocycles. The second kappa shape index (κ2) is 7.98. The molecule has 0 aromatic heterocycles. The van der Waals surface area contributed by atoms with Gasteiger partial charge in [-0.3, -0.25) is 4.79 Å². The smallest absolute Gasteiger partial charge is 0.164 e. The summed E-state index contributed by atoms with van der Waals surface area (Å²) in [7, 11) is 1.64. The topological polar surface area (TPSA) is 29.5 Å². The number of benzene rings is 1. The van der Waals surface area contributed by atoms with Gasteiger partial charge < -0.3 is 9.64 Å². The third-order valence-electron chi connectivity index (χ3n) is 5.09. The lowest BCUT2D eigenvalue weighted by Crippen LogP contribution is -2.31. The third-order valence-corrected chi connectivity index (χ3v) is 5.09. The Morgan fingerprint density at radius 1 is 1.18 bits per heavy atom. The molecule has 0 radical (unpaired) electrons. The van der Waals surface area contributed by atoms with Crippen molar-refractivity contribution in [2.45, 2.75) is 32.1 Å². The zero-order valence-corrected chi connectivity index (χ0v) is 14.1. The minimum Gasteiger partial charge on any atom is -0.497 e. The molecule has 3 rings (SSSR count). The number of methoxy groups -OCH3 is 1. The van der Waals surface area contributed by atoms with Crippen LogP contribution in [-0.4, -0.2) is 37.4 Å². The highest BCUT2D eigenvalue weighted by molar-refractivity contribution is 5.96. The fourth-order valence-corrected chi connectivity index (χ4v) is 3.81. The molecule has 0 amide bonds. The van der Waals surface area contributed by atoms with Crippen molar-refractivity contribution < 1.29 is 9.53 Å². The van der Waals surface area contributed by atoms with Crippen LogP contribution in [0.4, 0.5) is 0 Å². The van der Waals surface area contributed by atoms with E-state index < -0.39 is 0 Å². The summed E-state index contributed by atoms with van der Waals surface area (Å²) in [4.78, 5) is 14.8. The van der Waals surface area contributed by atoms with E-state index in [0.717, 1.165) is 29.7 Å². The summed E-state index contributed by atoms with van der Waals surface area (Å²) in [5.74, 6) is 2.88. The summed E-state index contributed by atoms with van der Waals surface area (Å²) >= 11 is 0. The van der Waals surface area contributed by atoms with Gasteiger partial charge in [-0.1, -0.05) is 6.42 Å². The number of Topliss-reactive ketones (excluding diaryl/α,β-unsaturated/α-hetero) is 1. The minimum atomic E-state index is 0. The number of hydrogen-bond donors (Lipinski definition) is 0. The Kier molecular flexibility index (Phi) is 6.27. The molecule has 0 N–H and O–H groups in total. The first-order chi connectivity index (χ1) is 10.2. The molecule has 1 aliphatic carbocycles. The van der Waals surface area contributed by atoms with Gasteiger partial charge in [0.15, 0.2) is 5.78 Å². The molecule has 2 bridgehead atoms. The highest BCUT2D eigenvalue weighted by Gasteiger charge is 2.29. The Morgan fingerprint density at radius 3 is 2.64 bits per heavy atom. The van der Waals surface area contributed by atoms with Crippen LogP contribution in [-0.2, 0) is 0 Å². The van der Waals surface area contributed by atoms with Crippen molar-refractivity contribution in [1.82, 2.24) is 4.90 Å². The van der Waals surface area contributed by atoms with Crippen LogP contribution in [0.2, 0.25) is 0 Å². The van der Waals surface area contributed by atoms with Gasteiger partial charge in [0, 0.05) is 25.1 Å². The number of fused-ring (bicyclic) bond motifs is 2. The van der Waals surface area contributed by atoms with Crippen molar-refractivity contribution in [1.29, 1.82) is 0 Å². The van der Waals surface area contributed by atoms with E-state index in [9.17, 15) is 4.79 Å². The van der Waals surface area contributed by atoms with Crippen LogP contribution in [0, 0.1) is 11.8 Å². The number of nitrogens with zero attached hydrogens (tertiary/aromatic N) is 1. The van der Waals surface area contributed by atoms with E-state index in [1.165, 1.54) is 38.8 Å². The van der Waals surface area contributed by atoms with Crippen molar-refractivity contribution in [3.63, 3.8) is 0 Å².